The van der Waals surface area contributed by atoms with Crippen LogP contribution in [0.5, 0.6) is 0 Å². The van der Waals surface area contributed by atoms with E-state index in [4.69, 9.17) is 11.6 Å². The Balaban J connectivity index is 2.29. The number of aryl methyl sites for hydroxylation is 1. The Morgan fingerprint density at radius 1 is 1.20 bits per heavy atom. The number of hydrogen-bond acceptors (Lipinski definition) is 4. The van der Waals surface area contributed by atoms with Gasteiger partial charge in [0.15, 0.2) is 0 Å². The van der Waals surface area contributed by atoms with Gasteiger partial charge < -0.3 is 10.6 Å². The van der Waals surface area contributed by atoms with Gasteiger partial charge in [0.2, 0.25) is 0 Å². The van der Waals surface area contributed by atoms with E-state index in [9.17, 15) is 0 Å². The first-order valence-corrected chi connectivity index (χ1v) is 7.57. The van der Waals surface area contributed by atoms with E-state index in [1.807, 2.05) is 31.3 Å². The molecule has 20 heavy (non-hydrogen) atoms. The molecule has 1 aromatic heterocycles. The largest absolute Gasteiger partial charge is 0.373 e. The lowest BCUT2D eigenvalue weighted by Crippen LogP contribution is -2.04. The minimum absolute atomic E-state index is 0.640. The second-order valence-corrected chi connectivity index (χ2v) is 5.63. The lowest BCUT2D eigenvalue weighted by molar-refractivity contribution is 0.838. The van der Waals surface area contributed by atoms with Gasteiger partial charge in [-0.1, -0.05) is 34.5 Å². The zero-order valence-electron chi connectivity index (χ0n) is 11.4. The van der Waals surface area contributed by atoms with Crippen molar-refractivity contribution in [1.29, 1.82) is 0 Å². The molecule has 0 aliphatic heterocycles. The van der Waals surface area contributed by atoms with Crippen molar-refractivity contribution in [3.63, 3.8) is 0 Å². The molecule has 6 heteroatoms. The standard InChI is InChI=1S/C14H16BrClN4/c1-3-4-12-19-13(17-2)8-14(20-12)18-11-6-5-9(15)7-10(11)16/h5-8H,3-4H2,1-2H3,(H2,17,18,19,20). The van der Waals surface area contributed by atoms with E-state index in [2.05, 4.69) is 43.5 Å². The van der Waals surface area contributed by atoms with Crippen molar-refractivity contribution in [2.24, 2.45) is 0 Å². The number of nitrogens with one attached hydrogen (secondary N) is 2. The highest BCUT2D eigenvalue weighted by molar-refractivity contribution is 9.10. The third kappa shape index (κ3) is 3.84. The topological polar surface area (TPSA) is 49.8 Å². The van der Waals surface area contributed by atoms with Crippen molar-refractivity contribution in [3.8, 4) is 0 Å². The first kappa shape index (κ1) is 15.1. The molecule has 0 saturated carbocycles. The zero-order chi connectivity index (χ0) is 14.5. The van der Waals surface area contributed by atoms with Gasteiger partial charge in [-0.2, -0.15) is 0 Å². The molecule has 2 aromatic rings. The summed E-state index contributed by atoms with van der Waals surface area (Å²) >= 11 is 9.59. The summed E-state index contributed by atoms with van der Waals surface area (Å²) in [6.45, 7) is 2.11. The van der Waals surface area contributed by atoms with E-state index >= 15 is 0 Å². The fraction of sp³-hybridized carbons (Fsp3) is 0.286. The molecule has 0 bridgehead atoms. The van der Waals surface area contributed by atoms with E-state index in [1.54, 1.807) is 0 Å². The molecule has 2 N–H and O–H groups in total. The van der Waals surface area contributed by atoms with Crippen LogP contribution in [0, 0.1) is 0 Å². The summed E-state index contributed by atoms with van der Waals surface area (Å²) in [6, 6.07) is 7.54. The molecule has 0 unspecified atom stereocenters. The number of anilines is 3. The Hall–Kier alpha value is -1.33. The van der Waals surface area contributed by atoms with Gasteiger partial charge in [-0.25, -0.2) is 9.97 Å². The molecule has 4 nitrogen and oxygen atoms in total. The fourth-order valence-electron chi connectivity index (χ4n) is 1.75. The number of aromatic nitrogens is 2. The van der Waals surface area contributed by atoms with Crippen LogP contribution >= 0.6 is 27.5 Å². The van der Waals surface area contributed by atoms with Crippen molar-refractivity contribution in [1.82, 2.24) is 9.97 Å². The smallest absolute Gasteiger partial charge is 0.136 e. The third-order valence-electron chi connectivity index (χ3n) is 2.70. The highest BCUT2D eigenvalue weighted by atomic mass is 79.9. The van der Waals surface area contributed by atoms with Crippen LogP contribution in [0.2, 0.25) is 5.02 Å². The van der Waals surface area contributed by atoms with Crippen molar-refractivity contribution in [3.05, 3.63) is 39.6 Å². The summed E-state index contributed by atoms with van der Waals surface area (Å²) in [6.07, 6.45) is 1.85. The Bertz CT molecular complexity index is 604. The molecule has 0 radical (unpaired) electrons. The number of benzene rings is 1. The Labute approximate surface area is 132 Å². The van der Waals surface area contributed by atoms with Crippen molar-refractivity contribution in [2.75, 3.05) is 17.7 Å². The SMILES string of the molecule is CCCc1nc(NC)cc(Nc2ccc(Br)cc2Cl)n1. The summed E-state index contributed by atoms with van der Waals surface area (Å²) in [7, 11) is 1.84. The molecule has 0 atom stereocenters. The van der Waals surface area contributed by atoms with Gasteiger partial charge in [-0.15, -0.1) is 0 Å². The van der Waals surface area contributed by atoms with Gasteiger partial charge in [0, 0.05) is 24.0 Å². The number of hydrogen-bond donors (Lipinski definition) is 2. The lowest BCUT2D eigenvalue weighted by atomic mass is 10.3. The van der Waals surface area contributed by atoms with Gasteiger partial charge in [0.05, 0.1) is 10.7 Å². The zero-order valence-corrected chi connectivity index (χ0v) is 13.7. The van der Waals surface area contributed by atoms with Crippen molar-refractivity contribution >= 4 is 44.9 Å². The minimum Gasteiger partial charge on any atom is -0.373 e. The fourth-order valence-corrected chi connectivity index (χ4v) is 2.47. The lowest BCUT2D eigenvalue weighted by Gasteiger charge is -2.11. The first-order valence-electron chi connectivity index (χ1n) is 6.40. The van der Waals surface area contributed by atoms with E-state index in [1.165, 1.54) is 0 Å². The number of nitrogens with zero attached hydrogens (tertiary/aromatic N) is 2. The van der Waals surface area contributed by atoms with Crippen LogP contribution in [0.15, 0.2) is 28.7 Å². The molecular weight excluding hydrogens is 340 g/mol. The Morgan fingerprint density at radius 3 is 2.60 bits per heavy atom. The van der Waals surface area contributed by atoms with E-state index in [-0.39, 0.29) is 0 Å². The van der Waals surface area contributed by atoms with Crippen molar-refractivity contribution in [2.45, 2.75) is 19.8 Å². The van der Waals surface area contributed by atoms with Crippen LogP contribution in [0.3, 0.4) is 0 Å². The summed E-state index contributed by atoms with van der Waals surface area (Å²) in [4.78, 5) is 8.91. The van der Waals surface area contributed by atoms with Gasteiger partial charge in [-0.05, 0) is 24.6 Å². The predicted molar refractivity (Wildman–Crippen MR) is 88.0 cm³/mol. The molecular formula is C14H16BrClN4. The molecule has 1 heterocycles. The molecule has 0 saturated heterocycles. The number of halogens is 2. The summed E-state index contributed by atoms with van der Waals surface area (Å²) in [5.74, 6) is 2.34. The Morgan fingerprint density at radius 2 is 1.95 bits per heavy atom. The first-order chi connectivity index (χ1) is 9.62. The average Bonchev–Trinajstić information content (AvgIpc) is 2.42. The van der Waals surface area contributed by atoms with Crippen LogP contribution in [-0.2, 0) is 6.42 Å². The average molecular weight is 356 g/mol. The van der Waals surface area contributed by atoms with Gasteiger partial charge in [0.25, 0.3) is 0 Å². The maximum atomic E-state index is 6.20. The monoisotopic (exact) mass is 354 g/mol. The summed E-state index contributed by atoms with van der Waals surface area (Å²) in [5.41, 5.74) is 0.818. The molecule has 2 rings (SSSR count). The predicted octanol–water partition coefficient (Wildman–Crippen LogP) is 4.63. The maximum Gasteiger partial charge on any atom is 0.136 e. The van der Waals surface area contributed by atoms with Crippen LogP contribution in [-0.4, -0.2) is 17.0 Å². The second-order valence-electron chi connectivity index (χ2n) is 4.30. The van der Waals surface area contributed by atoms with Gasteiger partial charge >= 0.3 is 0 Å². The molecule has 0 fully saturated rings. The van der Waals surface area contributed by atoms with Crippen LogP contribution in [0.4, 0.5) is 17.3 Å². The molecule has 0 spiro atoms. The normalized spacial score (nSPS) is 10.4. The number of rotatable bonds is 5. The van der Waals surface area contributed by atoms with Gasteiger partial charge in [0.1, 0.15) is 17.5 Å². The quantitative estimate of drug-likeness (QED) is 0.821. The van der Waals surface area contributed by atoms with E-state index in [0.717, 1.165) is 40.5 Å². The maximum absolute atomic E-state index is 6.20. The Kier molecular flexibility index (Phi) is 5.20. The van der Waals surface area contributed by atoms with E-state index < -0.39 is 0 Å². The molecule has 1 aromatic carbocycles. The summed E-state index contributed by atoms with van der Waals surface area (Å²) in [5, 5.41) is 6.91. The minimum atomic E-state index is 0.640. The van der Waals surface area contributed by atoms with E-state index in [0.29, 0.717) is 5.02 Å². The second kappa shape index (κ2) is 6.90. The van der Waals surface area contributed by atoms with Crippen LogP contribution in [0.1, 0.15) is 19.2 Å². The van der Waals surface area contributed by atoms with Crippen LogP contribution in [0.25, 0.3) is 0 Å². The van der Waals surface area contributed by atoms with Crippen molar-refractivity contribution < 1.29 is 0 Å². The third-order valence-corrected chi connectivity index (χ3v) is 3.50. The molecule has 0 amide bonds. The molecule has 0 aliphatic carbocycles. The molecule has 0 aliphatic rings. The van der Waals surface area contributed by atoms with Crippen LogP contribution < -0.4 is 10.6 Å². The highest BCUT2D eigenvalue weighted by Gasteiger charge is 2.06. The highest BCUT2D eigenvalue weighted by Crippen LogP contribution is 2.28. The summed E-state index contributed by atoms with van der Waals surface area (Å²) < 4.78 is 0.943. The van der Waals surface area contributed by atoms with Gasteiger partial charge in [-0.3, -0.25) is 0 Å². The molecule has 106 valence electrons.